The zero-order chi connectivity index (χ0) is 19.8. The van der Waals surface area contributed by atoms with Crippen LogP contribution in [0, 0.1) is 13.8 Å². The molecule has 0 atom stereocenters. The van der Waals surface area contributed by atoms with Crippen LogP contribution in [-0.4, -0.2) is 74.0 Å². The summed E-state index contributed by atoms with van der Waals surface area (Å²) in [6.07, 6.45) is 0. The third-order valence-corrected chi connectivity index (χ3v) is 6.68. The number of aryl methyl sites for hydroxylation is 2. The molecule has 0 spiro atoms. The molecule has 0 bridgehead atoms. The Morgan fingerprint density at radius 1 is 1.07 bits per heavy atom. The monoisotopic (exact) mass is 391 g/mol. The highest BCUT2D eigenvalue weighted by Gasteiger charge is 2.25. The first-order chi connectivity index (χ1) is 12.7. The van der Waals surface area contributed by atoms with Gasteiger partial charge in [-0.1, -0.05) is 0 Å². The molecule has 0 radical (unpaired) electrons. The third kappa shape index (κ3) is 3.70. The van der Waals surface area contributed by atoms with Gasteiger partial charge in [0, 0.05) is 45.8 Å². The van der Waals surface area contributed by atoms with E-state index in [4.69, 9.17) is 0 Å². The van der Waals surface area contributed by atoms with E-state index in [1.54, 1.807) is 17.0 Å². The number of nitrogens with zero attached hydrogens (tertiary/aromatic N) is 4. The van der Waals surface area contributed by atoms with Crippen molar-refractivity contribution >= 4 is 21.6 Å². The molecular weight excluding hydrogens is 366 g/mol. The van der Waals surface area contributed by atoms with E-state index < -0.39 is 10.0 Å². The molecule has 146 valence electrons. The fraction of sp³-hybridized carbons (Fsp3) is 0.444. The number of hydrogen-bond acceptors (Lipinski definition) is 5. The maximum atomic E-state index is 12.8. The fourth-order valence-corrected chi connectivity index (χ4v) is 4.21. The number of nitrogens with one attached hydrogen (secondary N) is 1. The van der Waals surface area contributed by atoms with Crippen molar-refractivity contribution in [3.8, 4) is 0 Å². The van der Waals surface area contributed by atoms with E-state index >= 15 is 0 Å². The topological polar surface area (TPSA) is 89.6 Å². The molecule has 1 fully saturated rings. The number of piperazine rings is 1. The van der Waals surface area contributed by atoms with E-state index in [0.717, 1.165) is 34.5 Å². The fourth-order valence-electron chi connectivity index (χ4n) is 3.31. The number of anilines is 1. The molecule has 8 nitrogen and oxygen atoms in total. The summed E-state index contributed by atoms with van der Waals surface area (Å²) in [5.74, 6) is -0.0795. The van der Waals surface area contributed by atoms with Gasteiger partial charge in [0.15, 0.2) is 0 Å². The maximum absolute atomic E-state index is 12.8. The number of rotatable bonds is 4. The van der Waals surface area contributed by atoms with Crippen molar-refractivity contribution in [1.29, 1.82) is 0 Å². The minimum absolute atomic E-state index is 0.0795. The number of hydrogen-bond donors (Lipinski definition) is 1. The lowest BCUT2D eigenvalue weighted by Gasteiger charge is -2.36. The predicted octanol–water partition coefficient (Wildman–Crippen LogP) is 1.24. The van der Waals surface area contributed by atoms with Gasteiger partial charge in [-0.05, 0) is 38.1 Å². The number of carbonyl (C=O) groups excluding carboxylic acids is 1. The van der Waals surface area contributed by atoms with Crippen LogP contribution in [-0.2, 0) is 10.0 Å². The molecular formula is C18H25N5O3S. The van der Waals surface area contributed by atoms with Gasteiger partial charge < -0.3 is 9.80 Å². The Kier molecular flexibility index (Phi) is 5.25. The number of carbonyl (C=O) groups is 1. The first kappa shape index (κ1) is 19.4. The molecule has 1 aliphatic rings. The Morgan fingerprint density at radius 2 is 1.67 bits per heavy atom. The van der Waals surface area contributed by atoms with Crippen molar-refractivity contribution in [3.63, 3.8) is 0 Å². The van der Waals surface area contributed by atoms with Crippen LogP contribution in [0.1, 0.15) is 21.7 Å². The van der Waals surface area contributed by atoms with E-state index in [1.807, 2.05) is 13.8 Å². The first-order valence-corrected chi connectivity index (χ1v) is 10.2. The highest BCUT2D eigenvalue weighted by atomic mass is 32.2. The standard InChI is InChI=1S/C18H25N5O3S/c1-13-17(14(2)20-19-13)22-9-11-23(12-10-22)18(24)15-5-7-16(8-6-15)27(25,26)21(3)4/h5-8H,9-12H2,1-4H3,(H,19,20). The lowest BCUT2D eigenvalue weighted by Crippen LogP contribution is -2.49. The minimum atomic E-state index is -3.49. The summed E-state index contributed by atoms with van der Waals surface area (Å²) in [5.41, 5.74) is 3.60. The number of sulfonamides is 1. The maximum Gasteiger partial charge on any atom is 0.253 e. The molecule has 27 heavy (non-hydrogen) atoms. The van der Waals surface area contributed by atoms with Gasteiger partial charge in [0.2, 0.25) is 10.0 Å². The average molecular weight is 391 g/mol. The van der Waals surface area contributed by atoms with Crippen LogP contribution >= 0.6 is 0 Å². The van der Waals surface area contributed by atoms with Crippen LogP contribution in [0.15, 0.2) is 29.2 Å². The highest BCUT2D eigenvalue weighted by molar-refractivity contribution is 7.89. The Labute approximate surface area is 159 Å². The molecule has 2 aromatic rings. The highest BCUT2D eigenvalue weighted by Crippen LogP contribution is 2.24. The molecule has 1 aromatic heterocycles. The molecule has 0 aliphatic carbocycles. The van der Waals surface area contributed by atoms with Crippen molar-refractivity contribution in [2.24, 2.45) is 0 Å². The number of aromatic nitrogens is 2. The lowest BCUT2D eigenvalue weighted by molar-refractivity contribution is 0.0746. The van der Waals surface area contributed by atoms with Gasteiger partial charge >= 0.3 is 0 Å². The van der Waals surface area contributed by atoms with Gasteiger partial charge in [0.25, 0.3) is 5.91 Å². The normalized spacial score (nSPS) is 15.4. The van der Waals surface area contributed by atoms with Gasteiger partial charge in [-0.15, -0.1) is 0 Å². The van der Waals surface area contributed by atoms with E-state index in [1.165, 1.54) is 26.2 Å². The minimum Gasteiger partial charge on any atom is -0.365 e. The quantitative estimate of drug-likeness (QED) is 0.847. The summed E-state index contributed by atoms with van der Waals surface area (Å²) in [6.45, 7) is 6.66. The molecule has 1 amide bonds. The van der Waals surface area contributed by atoms with Gasteiger partial charge in [0.1, 0.15) is 0 Å². The number of aromatic amines is 1. The molecule has 1 saturated heterocycles. The van der Waals surface area contributed by atoms with E-state index in [0.29, 0.717) is 18.7 Å². The largest absolute Gasteiger partial charge is 0.365 e. The van der Waals surface area contributed by atoms with Gasteiger partial charge in [-0.3, -0.25) is 9.89 Å². The molecule has 0 saturated carbocycles. The van der Waals surface area contributed by atoms with Crippen molar-refractivity contribution in [1.82, 2.24) is 19.4 Å². The Hall–Kier alpha value is -2.39. The van der Waals surface area contributed by atoms with Crippen LogP contribution in [0.25, 0.3) is 0 Å². The van der Waals surface area contributed by atoms with Crippen molar-refractivity contribution in [3.05, 3.63) is 41.2 Å². The summed E-state index contributed by atoms with van der Waals surface area (Å²) in [5, 5.41) is 7.23. The molecule has 1 aliphatic heterocycles. The second-order valence-electron chi connectivity index (χ2n) is 6.87. The molecule has 0 unspecified atom stereocenters. The first-order valence-electron chi connectivity index (χ1n) is 8.80. The number of H-pyrrole nitrogens is 1. The summed E-state index contributed by atoms with van der Waals surface area (Å²) in [7, 11) is -0.525. The van der Waals surface area contributed by atoms with E-state index in [9.17, 15) is 13.2 Å². The van der Waals surface area contributed by atoms with Gasteiger partial charge in [-0.25, -0.2) is 12.7 Å². The Bertz CT molecular complexity index is 907. The second-order valence-corrected chi connectivity index (χ2v) is 9.03. The predicted molar refractivity (Wildman–Crippen MR) is 103 cm³/mol. The molecule has 2 heterocycles. The van der Waals surface area contributed by atoms with Crippen molar-refractivity contribution in [2.75, 3.05) is 45.2 Å². The summed E-state index contributed by atoms with van der Waals surface area (Å²) >= 11 is 0. The van der Waals surface area contributed by atoms with E-state index in [2.05, 4.69) is 15.1 Å². The number of amides is 1. The SMILES string of the molecule is Cc1n[nH]c(C)c1N1CCN(C(=O)c2ccc(S(=O)(=O)N(C)C)cc2)CC1. The Morgan fingerprint density at radius 3 is 2.15 bits per heavy atom. The summed E-state index contributed by atoms with van der Waals surface area (Å²) in [6, 6.07) is 6.12. The van der Waals surface area contributed by atoms with Crippen LogP contribution in [0.3, 0.4) is 0 Å². The lowest BCUT2D eigenvalue weighted by atomic mass is 10.1. The van der Waals surface area contributed by atoms with E-state index in [-0.39, 0.29) is 10.8 Å². The molecule has 1 aromatic carbocycles. The van der Waals surface area contributed by atoms with Gasteiger partial charge in [0.05, 0.1) is 22.0 Å². The van der Waals surface area contributed by atoms with Gasteiger partial charge in [-0.2, -0.15) is 5.10 Å². The average Bonchev–Trinajstić information content (AvgIpc) is 2.99. The van der Waals surface area contributed by atoms with Crippen LogP contribution in [0.5, 0.6) is 0 Å². The van der Waals surface area contributed by atoms with Crippen molar-refractivity contribution in [2.45, 2.75) is 18.7 Å². The zero-order valence-corrected chi connectivity index (χ0v) is 16.9. The summed E-state index contributed by atoms with van der Waals surface area (Å²) in [4.78, 5) is 17.0. The van der Waals surface area contributed by atoms with Crippen LogP contribution in [0.2, 0.25) is 0 Å². The Balaban J connectivity index is 1.68. The zero-order valence-electron chi connectivity index (χ0n) is 16.1. The molecule has 1 N–H and O–H groups in total. The summed E-state index contributed by atoms with van der Waals surface area (Å²) < 4.78 is 25.4. The molecule has 9 heteroatoms. The van der Waals surface area contributed by atoms with Crippen LogP contribution < -0.4 is 4.90 Å². The van der Waals surface area contributed by atoms with Crippen LogP contribution in [0.4, 0.5) is 5.69 Å². The smallest absolute Gasteiger partial charge is 0.253 e. The second kappa shape index (κ2) is 7.32. The molecule has 3 rings (SSSR count). The van der Waals surface area contributed by atoms with Crippen molar-refractivity contribution < 1.29 is 13.2 Å². The number of benzene rings is 1. The third-order valence-electron chi connectivity index (χ3n) is 4.85.